The van der Waals surface area contributed by atoms with Gasteiger partial charge in [-0.15, -0.1) is 13.2 Å². The monoisotopic (exact) mass is 569 g/mol. The van der Waals surface area contributed by atoms with Gasteiger partial charge in [-0.25, -0.2) is 8.42 Å². The first-order valence-corrected chi connectivity index (χ1v) is 12.6. The average Bonchev–Trinajstić information content (AvgIpc) is 2.90. The van der Waals surface area contributed by atoms with E-state index in [1.165, 1.54) is 35.5 Å². The molecule has 0 aliphatic heterocycles. The van der Waals surface area contributed by atoms with Gasteiger partial charge in [0, 0.05) is 5.56 Å². The molecule has 0 aliphatic carbocycles. The van der Waals surface area contributed by atoms with Crippen LogP contribution in [-0.2, 0) is 10.0 Å². The molecule has 3 aromatic rings. The Morgan fingerprint density at radius 3 is 1.77 bits per heavy atom. The Morgan fingerprint density at radius 1 is 0.718 bits per heavy atom. The number of hydrogen-bond donors (Lipinski definition) is 1. The van der Waals surface area contributed by atoms with Crippen LogP contribution in [-0.4, -0.2) is 50.3 Å². The molecule has 9 nitrogen and oxygen atoms in total. The topological polar surface area (TPSA) is 102 Å². The van der Waals surface area contributed by atoms with Crippen molar-refractivity contribution in [2.24, 2.45) is 0 Å². The zero-order chi connectivity index (χ0) is 28.8. The van der Waals surface area contributed by atoms with Crippen LogP contribution in [0.1, 0.15) is 11.1 Å². The van der Waals surface area contributed by atoms with Crippen LogP contribution in [0.15, 0.2) is 53.4 Å². The Labute approximate surface area is 223 Å². The van der Waals surface area contributed by atoms with Crippen LogP contribution in [0.5, 0.6) is 34.5 Å². The standard InChI is InChI=1S/C26H26F3NO8S/c1-33-20-13-8-17(7-6-16-14-21(34-2)24(36-4)22(15-16)35-3)23(25(20)37-5)30-39(31,32)19-11-9-18(10-12-19)38-26(27,28)29/h6-15,30H,1-5H3/b7-6-. The van der Waals surface area contributed by atoms with Gasteiger partial charge in [0.05, 0.1) is 40.4 Å². The van der Waals surface area contributed by atoms with Crippen LogP contribution in [0.2, 0.25) is 0 Å². The quantitative estimate of drug-likeness (QED) is 0.298. The van der Waals surface area contributed by atoms with Crippen LogP contribution in [0.25, 0.3) is 12.2 Å². The molecule has 0 spiro atoms. The highest BCUT2D eigenvalue weighted by Gasteiger charge is 2.31. The molecule has 0 saturated heterocycles. The van der Waals surface area contributed by atoms with Gasteiger partial charge in [-0.05, 0) is 54.1 Å². The van der Waals surface area contributed by atoms with Gasteiger partial charge >= 0.3 is 6.36 Å². The Bertz CT molecular complexity index is 1410. The normalized spacial score (nSPS) is 11.7. The zero-order valence-electron chi connectivity index (χ0n) is 21.6. The highest BCUT2D eigenvalue weighted by atomic mass is 32.2. The summed E-state index contributed by atoms with van der Waals surface area (Å²) in [6.45, 7) is 0. The van der Waals surface area contributed by atoms with Crippen molar-refractivity contribution < 1.29 is 50.0 Å². The van der Waals surface area contributed by atoms with E-state index in [1.807, 2.05) is 0 Å². The molecule has 3 rings (SSSR count). The van der Waals surface area contributed by atoms with Gasteiger partial charge < -0.3 is 28.4 Å². The fourth-order valence-corrected chi connectivity index (χ4v) is 4.68. The summed E-state index contributed by atoms with van der Waals surface area (Å²) < 4.78 is 96.9. The van der Waals surface area contributed by atoms with Crippen molar-refractivity contribution in [3.05, 3.63) is 59.7 Å². The summed E-state index contributed by atoms with van der Waals surface area (Å²) >= 11 is 0. The van der Waals surface area contributed by atoms with E-state index in [4.69, 9.17) is 23.7 Å². The summed E-state index contributed by atoms with van der Waals surface area (Å²) in [4.78, 5) is -0.304. The first-order chi connectivity index (χ1) is 18.5. The zero-order valence-corrected chi connectivity index (χ0v) is 22.4. The summed E-state index contributed by atoms with van der Waals surface area (Å²) in [6, 6.07) is 10.4. The maximum atomic E-state index is 13.2. The minimum atomic E-state index is -4.91. The van der Waals surface area contributed by atoms with E-state index in [1.54, 1.807) is 36.4 Å². The molecule has 0 fully saturated rings. The lowest BCUT2D eigenvalue weighted by molar-refractivity contribution is -0.274. The predicted molar refractivity (Wildman–Crippen MR) is 139 cm³/mol. The highest BCUT2D eigenvalue weighted by molar-refractivity contribution is 7.92. The number of rotatable bonds is 11. The molecule has 1 N–H and O–H groups in total. The molecule has 0 radical (unpaired) electrons. The second-order valence-corrected chi connectivity index (χ2v) is 9.36. The molecular weight excluding hydrogens is 543 g/mol. The van der Waals surface area contributed by atoms with Gasteiger partial charge in [-0.2, -0.15) is 0 Å². The number of halogens is 3. The highest BCUT2D eigenvalue weighted by Crippen LogP contribution is 2.41. The largest absolute Gasteiger partial charge is 0.573 e. The Morgan fingerprint density at radius 2 is 1.28 bits per heavy atom. The SMILES string of the molecule is COc1cc(/C=C\c2ccc(OC)c(OC)c2NS(=O)(=O)c2ccc(OC(F)(F)F)cc2)cc(OC)c1OC. The molecule has 0 bridgehead atoms. The van der Waals surface area contributed by atoms with E-state index in [9.17, 15) is 21.6 Å². The third-order valence-electron chi connectivity index (χ3n) is 5.32. The van der Waals surface area contributed by atoms with Gasteiger partial charge in [0.25, 0.3) is 10.0 Å². The van der Waals surface area contributed by atoms with Crippen LogP contribution in [0, 0.1) is 0 Å². The van der Waals surface area contributed by atoms with Gasteiger partial charge in [0.1, 0.15) is 11.4 Å². The summed E-state index contributed by atoms with van der Waals surface area (Å²) in [7, 11) is 2.89. The van der Waals surface area contributed by atoms with Crippen molar-refractivity contribution in [1.29, 1.82) is 0 Å². The predicted octanol–water partition coefficient (Wildman–Crippen LogP) is 5.60. The number of sulfonamides is 1. The fraction of sp³-hybridized carbons (Fsp3) is 0.231. The van der Waals surface area contributed by atoms with Crippen molar-refractivity contribution in [1.82, 2.24) is 0 Å². The number of benzene rings is 3. The molecule has 0 saturated carbocycles. The molecule has 0 atom stereocenters. The van der Waals surface area contributed by atoms with E-state index in [0.717, 1.165) is 24.3 Å². The van der Waals surface area contributed by atoms with Crippen molar-refractivity contribution in [2.75, 3.05) is 40.3 Å². The minimum absolute atomic E-state index is 0.0381. The average molecular weight is 570 g/mol. The summed E-state index contributed by atoms with van der Waals surface area (Å²) in [6.07, 6.45) is -1.60. The van der Waals surface area contributed by atoms with Gasteiger partial charge in [0.2, 0.25) is 5.75 Å². The van der Waals surface area contributed by atoms with Crippen molar-refractivity contribution >= 4 is 27.9 Å². The van der Waals surface area contributed by atoms with Crippen LogP contribution < -0.4 is 33.1 Å². The summed E-state index contributed by atoms with van der Waals surface area (Å²) in [5.74, 6) is 1.02. The molecule has 0 amide bonds. The van der Waals surface area contributed by atoms with E-state index in [0.29, 0.717) is 28.4 Å². The van der Waals surface area contributed by atoms with Gasteiger partial charge in [-0.3, -0.25) is 4.72 Å². The first-order valence-electron chi connectivity index (χ1n) is 11.1. The van der Waals surface area contributed by atoms with Crippen molar-refractivity contribution in [3.63, 3.8) is 0 Å². The number of ether oxygens (including phenoxy) is 6. The number of anilines is 1. The molecule has 210 valence electrons. The molecule has 39 heavy (non-hydrogen) atoms. The molecule has 0 unspecified atom stereocenters. The smallest absolute Gasteiger partial charge is 0.493 e. The molecule has 0 heterocycles. The Balaban J connectivity index is 2.04. The van der Waals surface area contributed by atoms with Crippen molar-refractivity contribution in [2.45, 2.75) is 11.3 Å². The minimum Gasteiger partial charge on any atom is -0.493 e. The summed E-state index contributed by atoms with van der Waals surface area (Å²) in [5.41, 5.74) is 1.08. The maximum absolute atomic E-state index is 13.2. The van der Waals surface area contributed by atoms with Crippen LogP contribution >= 0.6 is 0 Å². The van der Waals surface area contributed by atoms with Crippen molar-refractivity contribution in [3.8, 4) is 34.5 Å². The van der Waals surface area contributed by atoms with E-state index in [2.05, 4.69) is 9.46 Å². The molecule has 13 heteroatoms. The van der Waals surface area contributed by atoms with Crippen LogP contribution in [0.4, 0.5) is 18.9 Å². The third kappa shape index (κ3) is 6.99. The number of methoxy groups -OCH3 is 5. The molecule has 0 aliphatic rings. The lowest BCUT2D eigenvalue weighted by Gasteiger charge is -2.17. The lowest BCUT2D eigenvalue weighted by atomic mass is 10.1. The van der Waals surface area contributed by atoms with Gasteiger partial charge in [-0.1, -0.05) is 12.2 Å². The molecule has 3 aromatic carbocycles. The lowest BCUT2D eigenvalue weighted by Crippen LogP contribution is -2.17. The Hall–Kier alpha value is -4.26. The third-order valence-corrected chi connectivity index (χ3v) is 6.69. The van der Waals surface area contributed by atoms with E-state index >= 15 is 0 Å². The first kappa shape index (κ1) is 29.3. The second-order valence-electron chi connectivity index (χ2n) is 7.68. The molecule has 0 aromatic heterocycles. The molecular formula is C26H26F3NO8S. The fourth-order valence-electron chi connectivity index (χ4n) is 3.58. The number of nitrogens with one attached hydrogen (secondary N) is 1. The van der Waals surface area contributed by atoms with Gasteiger partial charge in [0.15, 0.2) is 23.0 Å². The number of alkyl halides is 3. The number of hydrogen-bond acceptors (Lipinski definition) is 8. The van der Waals surface area contributed by atoms with E-state index in [-0.39, 0.29) is 22.1 Å². The van der Waals surface area contributed by atoms with Crippen LogP contribution in [0.3, 0.4) is 0 Å². The Kier molecular flexibility index (Phi) is 9.07. The van der Waals surface area contributed by atoms with E-state index < -0.39 is 22.1 Å². The second kappa shape index (κ2) is 12.1. The maximum Gasteiger partial charge on any atom is 0.573 e. The summed E-state index contributed by atoms with van der Waals surface area (Å²) in [5, 5.41) is 0.